The van der Waals surface area contributed by atoms with Crippen LogP contribution in [0.2, 0.25) is 0 Å². The van der Waals surface area contributed by atoms with Gasteiger partial charge in [0.25, 0.3) is 5.91 Å². The lowest BCUT2D eigenvalue weighted by Gasteiger charge is -2.29. The third-order valence-electron chi connectivity index (χ3n) is 5.35. The third kappa shape index (κ3) is 3.83. The number of aromatic amines is 1. The maximum absolute atomic E-state index is 13.1. The Bertz CT molecular complexity index is 967. The Morgan fingerprint density at radius 3 is 2.54 bits per heavy atom. The highest BCUT2D eigenvalue weighted by Gasteiger charge is 2.25. The first kappa shape index (κ1) is 18.4. The normalized spacial score (nSPS) is 19.5. The summed E-state index contributed by atoms with van der Waals surface area (Å²) in [6.07, 6.45) is 7.78. The minimum atomic E-state index is -0.300. The molecule has 146 valence electrons. The summed E-state index contributed by atoms with van der Waals surface area (Å²) in [5, 5.41) is 7.53. The molecule has 0 radical (unpaired) electrons. The van der Waals surface area contributed by atoms with Gasteiger partial charge in [0.1, 0.15) is 17.3 Å². The fourth-order valence-corrected chi connectivity index (χ4v) is 3.80. The van der Waals surface area contributed by atoms with Crippen LogP contribution in [0.1, 0.15) is 53.5 Å². The predicted octanol–water partition coefficient (Wildman–Crippen LogP) is 3.94. The van der Waals surface area contributed by atoms with E-state index in [1.807, 2.05) is 24.7 Å². The SMILES string of the molecule is Cc1cnn(C2CCC(NC(=O)c3nc(-c4ccc(F)cc4)[nH]c3C)CC2)c1. The lowest BCUT2D eigenvalue weighted by Crippen LogP contribution is -2.38. The van der Waals surface area contributed by atoms with Crippen LogP contribution in [0.4, 0.5) is 4.39 Å². The number of aryl methyl sites for hydroxylation is 2. The fourth-order valence-electron chi connectivity index (χ4n) is 3.80. The molecule has 2 aromatic heterocycles. The summed E-state index contributed by atoms with van der Waals surface area (Å²) in [5.74, 6) is 0.103. The second-order valence-corrected chi connectivity index (χ2v) is 7.54. The zero-order chi connectivity index (χ0) is 19.7. The van der Waals surface area contributed by atoms with Crippen molar-refractivity contribution in [2.45, 2.75) is 51.6 Å². The lowest BCUT2D eigenvalue weighted by molar-refractivity contribution is 0.0916. The number of aromatic nitrogens is 4. The number of imidazole rings is 1. The minimum absolute atomic E-state index is 0.144. The Kier molecular flexibility index (Phi) is 4.98. The molecule has 1 aromatic carbocycles. The molecule has 0 unspecified atom stereocenters. The highest BCUT2D eigenvalue weighted by atomic mass is 19.1. The maximum atomic E-state index is 13.1. The van der Waals surface area contributed by atoms with Gasteiger partial charge in [-0.3, -0.25) is 9.48 Å². The number of hydrogen-bond donors (Lipinski definition) is 2. The molecule has 6 nitrogen and oxygen atoms in total. The number of rotatable bonds is 4. The third-order valence-corrected chi connectivity index (χ3v) is 5.35. The van der Waals surface area contributed by atoms with Crippen LogP contribution >= 0.6 is 0 Å². The van der Waals surface area contributed by atoms with E-state index in [1.165, 1.54) is 17.7 Å². The molecule has 3 aromatic rings. The van der Waals surface area contributed by atoms with E-state index < -0.39 is 0 Å². The Morgan fingerprint density at radius 1 is 1.18 bits per heavy atom. The molecule has 0 spiro atoms. The molecule has 28 heavy (non-hydrogen) atoms. The number of carbonyl (C=O) groups is 1. The summed E-state index contributed by atoms with van der Waals surface area (Å²) in [6.45, 7) is 3.87. The second kappa shape index (κ2) is 7.58. The number of carbonyl (C=O) groups excluding carboxylic acids is 1. The van der Waals surface area contributed by atoms with Gasteiger partial charge in [-0.15, -0.1) is 0 Å². The van der Waals surface area contributed by atoms with Gasteiger partial charge in [-0.2, -0.15) is 5.10 Å². The molecule has 1 aliphatic carbocycles. The van der Waals surface area contributed by atoms with Crippen LogP contribution < -0.4 is 5.32 Å². The zero-order valence-electron chi connectivity index (χ0n) is 16.1. The molecule has 1 fully saturated rings. The molecule has 0 atom stereocenters. The van der Waals surface area contributed by atoms with Crippen molar-refractivity contribution in [2.75, 3.05) is 0 Å². The molecule has 0 saturated heterocycles. The first-order valence-corrected chi connectivity index (χ1v) is 9.64. The highest BCUT2D eigenvalue weighted by molar-refractivity contribution is 5.94. The fraction of sp³-hybridized carbons (Fsp3) is 0.381. The van der Waals surface area contributed by atoms with E-state index in [-0.39, 0.29) is 17.8 Å². The number of nitrogens with one attached hydrogen (secondary N) is 2. The van der Waals surface area contributed by atoms with Gasteiger partial charge < -0.3 is 10.3 Å². The molecule has 2 N–H and O–H groups in total. The van der Waals surface area contributed by atoms with Crippen molar-refractivity contribution < 1.29 is 9.18 Å². The van der Waals surface area contributed by atoms with E-state index in [9.17, 15) is 9.18 Å². The van der Waals surface area contributed by atoms with Crippen LogP contribution in [-0.4, -0.2) is 31.7 Å². The van der Waals surface area contributed by atoms with Gasteiger partial charge in [-0.25, -0.2) is 9.37 Å². The van der Waals surface area contributed by atoms with Gasteiger partial charge in [0.2, 0.25) is 0 Å². The summed E-state index contributed by atoms with van der Waals surface area (Å²) in [7, 11) is 0. The summed E-state index contributed by atoms with van der Waals surface area (Å²) >= 11 is 0. The van der Waals surface area contributed by atoms with E-state index >= 15 is 0 Å². The van der Waals surface area contributed by atoms with Crippen LogP contribution in [0.25, 0.3) is 11.4 Å². The highest BCUT2D eigenvalue weighted by Crippen LogP contribution is 2.28. The number of benzene rings is 1. The van der Waals surface area contributed by atoms with Gasteiger partial charge in [-0.05, 0) is 69.4 Å². The van der Waals surface area contributed by atoms with Gasteiger partial charge in [0, 0.05) is 23.5 Å². The molecule has 1 amide bonds. The lowest BCUT2D eigenvalue weighted by atomic mass is 9.91. The van der Waals surface area contributed by atoms with Crippen molar-refractivity contribution in [3.63, 3.8) is 0 Å². The van der Waals surface area contributed by atoms with Crippen molar-refractivity contribution in [1.29, 1.82) is 0 Å². The van der Waals surface area contributed by atoms with E-state index in [0.717, 1.165) is 31.2 Å². The number of nitrogens with zero attached hydrogens (tertiary/aromatic N) is 3. The molecule has 7 heteroatoms. The van der Waals surface area contributed by atoms with Crippen molar-refractivity contribution in [2.24, 2.45) is 0 Å². The second-order valence-electron chi connectivity index (χ2n) is 7.54. The predicted molar refractivity (Wildman–Crippen MR) is 104 cm³/mol. The molecule has 1 aliphatic rings. The molecule has 1 saturated carbocycles. The minimum Gasteiger partial charge on any atom is -0.348 e. The number of amides is 1. The van der Waals surface area contributed by atoms with E-state index in [2.05, 4.69) is 26.6 Å². The van der Waals surface area contributed by atoms with Gasteiger partial charge in [0.05, 0.1) is 12.2 Å². The maximum Gasteiger partial charge on any atom is 0.271 e. The van der Waals surface area contributed by atoms with Crippen molar-refractivity contribution in [3.05, 3.63) is 59.4 Å². The number of hydrogen-bond acceptors (Lipinski definition) is 3. The average Bonchev–Trinajstić information content (AvgIpc) is 3.29. The van der Waals surface area contributed by atoms with Gasteiger partial charge in [-0.1, -0.05) is 0 Å². The number of H-pyrrole nitrogens is 1. The van der Waals surface area contributed by atoms with Crippen LogP contribution in [0.15, 0.2) is 36.7 Å². The smallest absolute Gasteiger partial charge is 0.271 e. The first-order valence-electron chi connectivity index (χ1n) is 9.64. The van der Waals surface area contributed by atoms with Crippen molar-refractivity contribution >= 4 is 5.91 Å². The van der Waals surface area contributed by atoms with E-state index in [0.29, 0.717) is 23.3 Å². The van der Waals surface area contributed by atoms with Crippen LogP contribution in [-0.2, 0) is 0 Å². The van der Waals surface area contributed by atoms with Crippen LogP contribution in [0, 0.1) is 19.7 Å². The van der Waals surface area contributed by atoms with Crippen molar-refractivity contribution in [3.8, 4) is 11.4 Å². The summed E-state index contributed by atoms with van der Waals surface area (Å²) < 4.78 is 15.2. The van der Waals surface area contributed by atoms with Crippen LogP contribution in [0.3, 0.4) is 0 Å². The molecule has 2 heterocycles. The van der Waals surface area contributed by atoms with E-state index in [1.54, 1.807) is 12.1 Å². The van der Waals surface area contributed by atoms with Crippen LogP contribution in [0.5, 0.6) is 0 Å². The summed E-state index contributed by atoms with van der Waals surface area (Å²) in [4.78, 5) is 20.3. The quantitative estimate of drug-likeness (QED) is 0.719. The molecule has 4 rings (SSSR count). The van der Waals surface area contributed by atoms with Gasteiger partial charge >= 0.3 is 0 Å². The standard InChI is InChI=1S/C21H24FN5O/c1-13-11-23-27(12-13)18-9-7-17(8-10-18)25-21(28)19-14(2)24-20(26-19)15-3-5-16(22)6-4-15/h3-6,11-12,17-18H,7-10H2,1-2H3,(H,24,26)(H,25,28). The Labute approximate surface area is 163 Å². The van der Waals surface area contributed by atoms with E-state index in [4.69, 9.17) is 0 Å². The molecule has 0 bridgehead atoms. The zero-order valence-corrected chi connectivity index (χ0v) is 16.1. The Hall–Kier alpha value is -2.96. The summed E-state index contributed by atoms with van der Waals surface area (Å²) in [6, 6.07) is 6.60. The van der Waals surface area contributed by atoms with Crippen molar-refractivity contribution in [1.82, 2.24) is 25.1 Å². The Morgan fingerprint density at radius 2 is 1.89 bits per heavy atom. The first-order chi connectivity index (χ1) is 13.5. The molecular formula is C21H24FN5O. The molecule has 0 aliphatic heterocycles. The topological polar surface area (TPSA) is 75.6 Å². The van der Waals surface area contributed by atoms with Gasteiger partial charge in [0.15, 0.2) is 0 Å². The summed E-state index contributed by atoms with van der Waals surface area (Å²) in [5.41, 5.74) is 3.02. The average molecular weight is 381 g/mol. The Balaban J connectivity index is 1.38. The molecular weight excluding hydrogens is 357 g/mol. The number of halogens is 1. The largest absolute Gasteiger partial charge is 0.348 e. The monoisotopic (exact) mass is 381 g/mol.